The molecule has 8 aromatic carbocycles. The van der Waals surface area contributed by atoms with E-state index in [1.165, 1.54) is 135 Å². The van der Waals surface area contributed by atoms with Crippen molar-refractivity contribution in [3.05, 3.63) is 181 Å². The number of benzene rings is 8. The van der Waals surface area contributed by atoms with Gasteiger partial charge in [0.05, 0.1) is 22.1 Å². The van der Waals surface area contributed by atoms with Crippen LogP contribution in [0.25, 0.3) is 97.4 Å². The van der Waals surface area contributed by atoms with Crippen LogP contribution in [0, 0.1) is 10.8 Å². The number of hydrogen-bond acceptors (Lipinski definition) is 1. The SMILES string of the molecule is CCCC(C)(C)C[C@H](c1cccc(-n2c3ccccc3c3cc(-c4ccc5sc6ccc(-c7cccc(-n8c9ccccc9c9ccccc98)c7)cc6c5c4)ccc32)c1)C(C)(C)CCC. The Bertz CT molecular complexity index is 3520. The van der Waals surface area contributed by atoms with Crippen LogP contribution in [0.15, 0.2) is 176 Å². The number of thiophene rings is 1. The predicted molar refractivity (Wildman–Crippen MR) is 284 cm³/mol. The number of aromatic nitrogens is 2. The lowest BCUT2D eigenvalue weighted by Gasteiger charge is -2.40. The summed E-state index contributed by atoms with van der Waals surface area (Å²) in [7, 11) is 0. The van der Waals surface area contributed by atoms with E-state index in [1.54, 1.807) is 0 Å². The standard InChI is InChI=1S/C62H58N2S/c1-7-33-61(3,4)40-54(62(5,6)34-8-2)45-18-16-20-47(36-45)64-57-26-14-11-23-50(57)51-37-42(27-30-58(51)64)44-29-32-60-53(39-44)52-38-43(28-31-59(52)65-60)41-17-15-19-46(35-41)63-55-24-12-9-21-48(55)49-22-10-13-25-56(49)63/h9-32,35-39,54H,7-8,33-34,40H2,1-6H3/t54-/m1/s1. The lowest BCUT2D eigenvalue weighted by Crippen LogP contribution is -2.27. The first-order valence-electron chi connectivity index (χ1n) is 23.8. The monoisotopic (exact) mass is 862 g/mol. The second-order valence-corrected chi connectivity index (χ2v) is 21.1. The van der Waals surface area contributed by atoms with Crippen LogP contribution in [-0.4, -0.2) is 9.13 Å². The van der Waals surface area contributed by atoms with E-state index in [0.29, 0.717) is 5.92 Å². The Balaban J connectivity index is 0.979. The summed E-state index contributed by atoms with van der Waals surface area (Å²) < 4.78 is 7.54. The lowest BCUT2D eigenvalue weighted by molar-refractivity contribution is 0.176. The Hall–Kier alpha value is -6.42. The third-order valence-corrected chi connectivity index (χ3v) is 15.7. The van der Waals surface area contributed by atoms with Crippen molar-refractivity contribution in [3.8, 4) is 33.6 Å². The Morgan fingerprint density at radius 3 is 1.45 bits per heavy atom. The molecule has 0 saturated heterocycles. The van der Waals surface area contributed by atoms with Gasteiger partial charge in [0.15, 0.2) is 0 Å². The smallest absolute Gasteiger partial charge is 0.0541 e. The summed E-state index contributed by atoms with van der Waals surface area (Å²) >= 11 is 1.88. The highest BCUT2D eigenvalue weighted by Gasteiger charge is 2.35. The minimum atomic E-state index is 0.198. The first-order chi connectivity index (χ1) is 31.6. The molecular weight excluding hydrogens is 805 g/mol. The summed E-state index contributed by atoms with van der Waals surface area (Å²) in [5.41, 5.74) is 14.2. The van der Waals surface area contributed by atoms with Gasteiger partial charge in [-0.05, 0) is 143 Å². The van der Waals surface area contributed by atoms with Gasteiger partial charge in [0, 0.05) is 53.1 Å². The summed E-state index contributed by atoms with van der Waals surface area (Å²) in [5.74, 6) is 0.472. The van der Waals surface area contributed by atoms with E-state index < -0.39 is 0 Å². The molecule has 11 rings (SSSR count). The van der Waals surface area contributed by atoms with Crippen molar-refractivity contribution in [2.24, 2.45) is 10.8 Å². The summed E-state index contributed by atoms with van der Waals surface area (Å²) in [5, 5.41) is 7.76. The maximum Gasteiger partial charge on any atom is 0.0541 e. The molecule has 3 heteroatoms. The van der Waals surface area contributed by atoms with Gasteiger partial charge in [0.25, 0.3) is 0 Å². The Morgan fingerprint density at radius 1 is 0.415 bits per heavy atom. The highest BCUT2D eigenvalue weighted by Crippen LogP contribution is 2.48. The molecule has 322 valence electrons. The number of fused-ring (bicyclic) bond motifs is 9. The van der Waals surface area contributed by atoms with E-state index in [0.717, 1.165) is 0 Å². The van der Waals surface area contributed by atoms with Gasteiger partial charge in [-0.2, -0.15) is 0 Å². The van der Waals surface area contributed by atoms with E-state index in [9.17, 15) is 0 Å². The van der Waals surface area contributed by atoms with Crippen LogP contribution in [-0.2, 0) is 0 Å². The van der Waals surface area contributed by atoms with Gasteiger partial charge in [-0.1, -0.05) is 151 Å². The summed E-state index contributed by atoms with van der Waals surface area (Å²) in [4.78, 5) is 0. The van der Waals surface area contributed by atoms with Gasteiger partial charge >= 0.3 is 0 Å². The first kappa shape index (κ1) is 41.3. The van der Waals surface area contributed by atoms with Gasteiger partial charge in [-0.3, -0.25) is 0 Å². The van der Waals surface area contributed by atoms with E-state index >= 15 is 0 Å². The second kappa shape index (κ2) is 16.2. The summed E-state index contributed by atoms with van der Waals surface area (Å²) in [6.07, 6.45) is 6.07. The molecule has 0 spiro atoms. The maximum absolute atomic E-state index is 2.51. The third kappa shape index (κ3) is 7.25. The Labute approximate surface area is 387 Å². The second-order valence-electron chi connectivity index (χ2n) is 20.0. The molecular formula is C62H58N2S. The van der Waals surface area contributed by atoms with Crippen LogP contribution in [0.4, 0.5) is 0 Å². The average molecular weight is 863 g/mol. The normalized spacial score (nSPS) is 13.0. The molecule has 0 fully saturated rings. The fraction of sp³-hybridized carbons (Fsp3) is 0.226. The number of nitrogens with zero attached hydrogens (tertiary/aromatic N) is 2. The molecule has 0 bridgehead atoms. The van der Waals surface area contributed by atoms with Gasteiger partial charge in [0.2, 0.25) is 0 Å². The van der Waals surface area contributed by atoms with Crippen molar-refractivity contribution in [3.63, 3.8) is 0 Å². The summed E-state index contributed by atoms with van der Waals surface area (Å²) in [6, 6.07) is 66.2. The molecule has 3 aromatic heterocycles. The molecule has 0 amide bonds. The van der Waals surface area contributed by atoms with Crippen molar-refractivity contribution in [2.75, 3.05) is 0 Å². The maximum atomic E-state index is 2.51. The minimum Gasteiger partial charge on any atom is -0.309 e. The molecule has 0 aliphatic rings. The molecule has 1 atom stereocenters. The fourth-order valence-electron chi connectivity index (χ4n) is 11.5. The van der Waals surface area contributed by atoms with Gasteiger partial charge in [-0.15, -0.1) is 11.3 Å². The van der Waals surface area contributed by atoms with Crippen molar-refractivity contribution in [1.29, 1.82) is 0 Å². The molecule has 65 heavy (non-hydrogen) atoms. The van der Waals surface area contributed by atoms with Gasteiger partial charge in [0.1, 0.15) is 0 Å². The molecule has 2 nitrogen and oxygen atoms in total. The molecule has 0 radical (unpaired) electrons. The van der Waals surface area contributed by atoms with Gasteiger partial charge in [-0.25, -0.2) is 0 Å². The number of para-hydroxylation sites is 3. The van der Waals surface area contributed by atoms with Crippen molar-refractivity contribution in [2.45, 2.75) is 79.6 Å². The highest BCUT2D eigenvalue weighted by molar-refractivity contribution is 7.25. The lowest BCUT2D eigenvalue weighted by atomic mass is 9.65. The molecule has 0 N–H and O–H groups in total. The van der Waals surface area contributed by atoms with Gasteiger partial charge < -0.3 is 9.13 Å². The highest BCUT2D eigenvalue weighted by atomic mass is 32.1. The average Bonchev–Trinajstić information content (AvgIpc) is 3.98. The van der Waals surface area contributed by atoms with Crippen LogP contribution in [0.3, 0.4) is 0 Å². The minimum absolute atomic E-state index is 0.198. The van der Waals surface area contributed by atoms with Crippen LogP contribution < -0.4 is 0 Å². The van der Waals surface area contributed by atoms with E-state index in [4.69, 9.17) is 0 Å². The Kier molecular flexibility index (Phi) is 10.3. The first-order valence-corrected chi connectivity index (χ1v) is 24.6. The number of hydrogen-bond donors (Lipinski definition) is 0. The van der Waals surface area contributed by atoms with E-state index in [-0.39, 0.29) is 10.8 Å². The van der Waals surface area contributed by atoms with Crippen LogP contribution >= 0.6 is 11.3 Å². The van der Waals surface area contributed by atoms with Crippen molar-refractivity contribution >= 4 is 75.1 Å². The van der Waals surface area contributed by atoms with E-state index in [1.807, 2.05) is 11.3 Å². The van der Waals surface area contributed by atoms with Crippen molar-refractivity contribution < 1.29 is 0 Å². The van der Waals surface area contributed by atoms with Crippen LogP contribution in [0.1, 0.15) is 85.1 Å². The largest absolute Gasteiger partial charge is 0.309 e. The molecule has 11 aromatic rings. The zero-order valence-electron chi connectivity index (χ0n) is 38.7. The third-order valence-electron chi connectivity index (χ3n) is 14.5. The fourth-order valence-corrected chi connectivity index (χ4v) is 12.5. The Morgan fingerprint density at radius 2 is 0.877 bits per heavy atom. The number of rotatable bonds is 12. The zero-order valence-corrected chi connectivity index (χ0v) is 39.5. The van der Waals surface area contributed by atoms with Crippen molar-refractivity contribution in [1.82, 2.24) is 9.13 Å². The van der Waals surface area contributed by atoms with E-state index in [2.05, 4.69) is 227 Å². The predicted octanol–water partition coefficient (Wildman–Crippen LogP) is 18.7. The quantitative estimate of drug-likeness (QED) is 0.116. The zero-order chi connectivity index (χ0) is 44.5. The van der Waals surface area contributed by atoms with Crippen LogP contribution in [0.2, 0.25) is 0 Å². The molecule has 0 aliphatic carbocycles. The molecule has 0 aliphatic heterocycles. The topological polar surface area (TPSA) is 9.86 Å². The summed E-state index contributed by atoms with van der Waals surface area (Å²) in [6.45, 7) is 14.6. The molecule has 3 heterocycles. The van der Waals surface area contributed by atoms with Crippen LogP contribution in [0.5, 0.6) is 0 Å². The molecule has 0 saturated carbocycles. The molecule has 0 unspecified atom stereocenters.